The molecule has 20 heavy (non-hydrogen) atoms. The van der Waals surface area contributed by atoms with E-state index in [1.54, 1.807) is 13.0 Å². The van der Waals surface area contributed by atoms with E-state index in [9.17, 15) is 8.42 Å². The zero-order valence-electron chi connectivity index (χ0n) is 11.8. The van der Waals surface area contributed by atoms with Gasteiger partial charge in [0.15, 0.2) is 0 Å². The van der Waals surface area contributed by atoms with Crippen LogP contribution in [0.1, 0.15) is 19.4 Å². The maximum Gasteiger partial charge on any atom is 0.243 e. The number of nitrogens with two attached hydrogens (primary N) is 1. The van der Waals surface area contributed by atoms with Gasteiger partial charge in [-0.15, -0.1) is 0 Å². The van der Waals surface area contributed by atoms with Gasteiger partial charge in [0.2, 0.25) is 10.0 Å². The van der Waals surface area contributed by atoms with E-state index in [1.807, 2.05) is 13.8 Å². The van der Waals surface area contributed by atoms with Crippen LogP contribution >= 0.6 is 11.6 Å². The number of hydrogen-bond acceptors (Lipinski definition) is 4. The number of rotatable bonds is 2. The summed E-state index contributed by atoms with van der Waals surface area (Å²) in [6.45, 7) is 6.08. The minimum atomic E-state index is -3.63. The van der Waals surface area contributed by atoms with E-state index in [4.69, 9.17) is 22.1 Å². The Balaban J connectivity index is 2.50. The Kier molecular flexibility index (Phi) is 4.30. The van der Waals surface area contributed by atoms with E-state index in [-0.39, 0.29) is 17.0 Å². The van der Waals surface area contributed by atoms with Crippen molar-refractivity contribution in [1.29, 1.82) is 0 Å². The van der Waals surface area contributed by atoms with Gasteiger partial charge in [0.05, 0.1) is 17.6 Å². The first kappa shape index (κ1) is 15.6. The van der Waals surface area contributed by atoms with Gasteiger partial charge >= 0.3 is 0 Å². The summed E-state index contributed by atoms with van der Waals surface area (Å²) in [5.41, 5.74) is 6.73. The molecule has 0 spiro atoms. The second-order valence-corrected chi connectivity index (χ2v) is 7.48. The molecule has 1 aromatic rings. The molecule has 2 rings (SSSR count). The molecule has 1 aliphatic rings. The number of ether oxygens (including phenoxy) is 1. The number of morpholine rings is 1. The molecule has 0 amide bonds. The topological polar surface area (TPSA) is 72.6 Å². The summed E-state index contributed by atoms with van der Waals surface area (Å²) >= 11 is 5.94. The van der Waals surface area contributed by atoms with Gasteiger partial charge in [0.1, 0.15) is 0 Å². The molecule has 0 saturated carbocycles. The first-order valence-electron chi connectivity index (χ1n) is 6.42. The number of anilines is 1. The molecule has 0 bridgehead atoms. The predicted octanol–water partition coefficient (Wildman–Crippen LogP) is 2.03. The highest BCUT2D eigenvalue weighted by molar-refractivity contribution is 7.89. The highest BCUT2D eigenvalue weighted by Crippen LogP contribution is 2.30. The molecule has 0 radical (unpaired) electrons. The molecule has 1 heterocycles. The maximum absolute atomic E-state index is 12.8. The van der Waals surface area contributed by atoms with Gasteiger partial charge in [-0.25, -0.2) is 8.42 Å². The number of sulfonamides is 1. The largest absolute Gasteiger partial charge is 0.398 e. The Morgan fingerprint density at radius 2 is 2.05 bits per heavy atom. The van der Waals surface area contributed by atoms with Crippen LogP contribution in [0.25, 0.3) is 0 Å². The molecule has 1 aromatic carbocycles. The third-order valence-electron chi connectivity index (χ3n) is 3.50. The van der Waals surface area contributed by atoms with Crippen molar-refractivity contribution in [1.82, 2.24) is 4.31 Å². The normalized spacial score (nSPS) is 24.8. The van der Waals surface area contributed by atoms with Crippen molar-refractivity contribution in [2.24, 2.45) is 0 Å². The number of hydrogen-bond donors (Lipinski definition) is 1. The minimum Gasteiger partial charge on any atom is -0.398 e. The summed E-state index contributed by atoms with van der Waals surface area (Å²) in [5, 5.41) is 0.320. The molecule has 1 saturated heterocycles. The molecule has 2 unspecified atom stereocenters. The fourth-order valence-electron chi connectivity index (χ4n) is 2.28. The van der Waals surface area contributed by atoms with E-state index in [2.05, 4.69) is 0 Å². The maximum atomic E-state index is 12.8. The van der Waals surface area contributed by atoms with Crippen LogP contribution in [-0.4, -0.2) is 38.0 Å². The summed E-state index contributed by atoms with van der Waals surface area (Å²) < 4.78 is 32.6. The molecule has 0 aliphatic carbocycles. The van der Waals surface area contributed by atoms with E-state index >= 15 is 0 Å². The SMILES string of the molecule is Cc1c(N)cc(Cl)cc1S(=O)(=O)N1CC(C)OCC1C. The highest BCUT2D eigenvalue weighted by Gasteiger charge is 2.35. The predicted molar refractivity (Wildman–Crippen MR) is 79.4 cm³/mol. The van der Waals surface area contributed by atoms with Crippen molar-refractivity contribution in [3.8, 4) is 0 Å². The summed E-state index contributed by atoms with van der Waals surface area (Å²) in [6, 6.07) is 2.80. The Morgan fingerprint density at radius 1 is 1.40 bits per heavy atom. The Bertz CT molecular complexity index is 618. The lowest BCUT2D eigenvalue weighted by molar-refractivity contribution is -0.0170. The highest BCUT2D eigenvalue weighted by atomic mass is 35.5. The molecule has 112 valence electrons. The third kappa shape index (κ3) is 2.79. The van der Waals surface area contributed by atoms with Crippen molar-refractivity contribution in [3.63, 3.8) is 0 Å². The Hall–Kier alpha value is -0.820. The van der Waals surface area contributed by atoms with Crippen molar-refractivity contribution < 1.29 is 13.2 Å². The standard InChI is InChI=1S/C13H19ClN2O3S/c1-8-7-19-9(2)6-16(8)20(17,18)13-5-11(14)4-12(15)10(13)3/h4-5,8-9H,6-7,15H2,1-3H3. The average Bonchev–Trinajstić information content (AvgIpc) is 2.36. The number of benzene rings is 1. The van der Waals surface area contributed by atoms with Gasteiger partial charge in [-0.3, -0.25) is 0 Å². The first-order chi connectivity index (χ1) is 9.23. The molecular formula is C13H19ClN2O3S. The third-order valence-corrected chi connectivity index (χ3v) is 5.83. The summed E-state index contributed by atoms with van der Waals surface area (Å²) in [7, 11) is -3.63. The average molecular weight is 319 g/mol. The van der Waals surface area contributed by atoms with Crippen LogP contribution in [0.5, 0.6) is 0 Å². The number of halogens is 1. The zero-order valence-corrected chi connectivity index (χ0v) is 13.3. The molecular weight excluding hydrogens is 300 g/mol. The lowest BCUT2D eigenvalue weighted by atomic mass is 10.2. The van der Waals surface area contributed by atoms with Crippen LogP contribution in [0.2, 0.25) is 5.02 Å². The van der Waals surface area contributed by atoms with Gasteiger partial charge in [0.25, 0.3) is 0 Å². The van der Waals surface area contributed by atoms with Crippen LogP contribution in [0, 0.1) is 6.92 Å². The lowest BCUT2D eigenvalue weighted by Crippen LogP contribution is -2.50. The van der Waals surface area contributed by atoms with Crippen LogP contribution in [0.3, 0.4) is 0 Å². The van der Waals surface area contributed by atoms with E-state index in [0.717, 1.165) is 0 Å². The Morgan fingerprint density at radius 3 is 2.70 bits per heavy atom. The van der Waals surface area contributed by atoms with Crippen LogP contribution in [0.4, 0.5) is 5.69 Å². The van der Waals surface area contributed by atoms with Gasteiger partial charge in [-0.05, 0) is 38.5 Å². The van der Waals surface area contributed by atoms with Gasteiger partial charge < -0.3 is 10.5 Å². The molecule has 7 heteroatoms. The second kappa shape index (κ2) is 5.52. The quantitative estimate of drug-likeness (QED) is 0.847. The van der Waals surface area contributed by atoms with Crippen molar-refractivity contribution in [2.75, 3.05) is 18.9 Å². The molecule has 1 aliphatic heterocycles. The monoisotopic (exact) mass is 318 g/mol. The molecule has 2 atom stereocenters. The van der Waals surface area contributed by atoms with Gasteiger partial charge in [-0.1, -0.05) is 11.6 Å². The van der Waals surface area contributed by atoms with E-state index < -0.39 is 10.0 Å². The Labute approximate surface area is 124 Å². The van der Waals surface area contributed by atoms with Crippen molar-refractivity contribution >= 4 is 27.3 Å². The molecule has 0 aromatic heterocycles. The van der Waals surface area contributed by atoms with Crippen molar-refractivity contribution in [3.05, 3.63) is 22.7 Å². The smallest absolute Gasteiger partial charge is 0.243 e. The number of nitrogen functional groups attached to an aromatic ring is 1. The fourth-order valence-corrected chi connectivity index (χ4v) is 4.54. The van der Waals surface area contributed by atoms with Gasteiger partial charge in [-0.2, -0.15) is 4.31 Å². The number of nitrogens with zero attached hydrogens (tertiary/aromatic N) is 1. The van der Waals surface area contributed by atoms with Gasteiger partial charge in [0, 0.05) is 23.3 Å². The van der Waals surface area contributed by atoms with Crippen LogP contribution in [0.15, 0.2) is 17.0 Å². The molecule has 1 fully saturated rings. The second-order valence-electron chi connectivity index (χ2n) is 5.19. The van der Waals surface area contributed by atoms with E-state index in [0.29, 0.717) is 29.4 Å². The molecule has 5 nitrogen and oxygen atoms in total. The van der Waals surface area contributed by atoms with Crippen molar-refractivity contribution in [2.45, 2.75) is 37.8 Å². The summed E-state index contributed by atoms with van der Waals surface area (Å²) in [4.78, 5) is 0.170. The summed E-state index contributed by atoms with van der Waals surface area (Å²) in [6.07, 6.45) is -0.127. The molecule has 2 N–H and O–H groups in total. The fraction of sp³-hybridized carbons (Fsp3) is 0.538. The van der Waals surface area contributed by atoms with E-state index in [1.165, 1.54) is 10.4 Å². The lowest BCUT2D eigenvalue weighted by Gasteiger charge is -2.36. The zero-order chi connectivity index (χ0) is 15.1. The summed E-state index contributed by atoms with van der Waals surface area (Å²) in [5.74, 6) is 0. The van der Waals surface area contributed by atoms with Crippen LogP contribution < -0.4 is 5.73 Å². The van der Waals surface area contributed by atoms with Crippen LogP contribution in [-0.2, 0) is 14.8 Å². The first-order valence-corrected chi connectivity index (χ1v) is 8.24. The minimum absolute atomic E-state index is 0.127.